The lowest BCUT2D eigenvalue weighted by atomic mass is 10.0. The van der Waals surface area contributed by atoms with E-state index in [-0.39, 0.29) is 18.3 Å². The van der Waals surface area contributed by atoms with Crippen LogP contribution in [-0.4, -0.2) is 32.4 Å². The minimum absolute atomic E-state index is 0.0382. The van der Waals surface area contributed by atoms with Gasteiger partial charge in [-0.25, -0.2) is 9.31 Å². The summed E-state index contributed by atoms with van der Waals surface area (Å²) in [5.74, 6) is -1.17. The smallest absolute Gasteiger partial charge is 0.339 e. The predicted molar refractivity (Wildman–Crippen MR) is 115 cm³/mol. The lowest BCUT2D eigenvalue weighted by molar-refractivity contribution is -0.118. The Morgan fingerprint density at radius 3 is 2.75 bits per heavy atom. The van der Waals surface area contributed by atoms with E-state index in [1.54, 1.807) is 54.7 Å². The van der Waals surface area contributed by atoms with Crippen molar-refractivity contribution in [1.82, 2.24) is 14.6 Å². The third kappa shape index (κ3) is 3.56. The van der Waals surface area contributed by atoms with Crippen LogP contribution >= 0.6 is 0 Å². The van der Waals surface area contributed by atoms with Crippen molar-refractivity contribution in [1.29, 1.82) is 0 Å². The molecule has 4 aromatic rings. The second kappa shape index (κ2) is 7.62. The van der Waals surface area contributed by atoms with Gasteiger partial charge in [0.15, 0.2) is 5.65 Å². The van der Waals surface area contributed by atoms with E-state index >= 15 is 0 Å². The molecule has 0 unspecified atom stereocenters. The molecule has 32 heavy (non-hydrogen) atoms. The summed E-state index contributed by atoms with van der Waals surface area (Å²) in [5.41, 5.74) is 9.07. The molecule has 0 saturated heterocycles. The van der Waals surface area contributed by atoms with E-state index in [9.17, 15) is 14.4 Å². The van der Waals surface area contributed by atoms with Crippen LogP contribution in [0, 0.1) is 0 Å². The summed E-state index contributed by atoms with van der Waals surface area (Å²) >= 11 is 0. The fraction of sp³-hybridized carbons (Fsp3) is 0.0870. The molecule has 2 aromatic carbocycles. The maximum Gasteiger partial charge on any atom is 0.339 e. The number of fused-ring (bicyclic) bond motifs is 2. The number of carbonyl (C=O) groups is 3. The molecule has 0 aliphatic carbocycles. The van der Waals surface area contributed by atoms with Gasteiger partial charge in [-0.1, -0.05) is 30.3 Å². The van der Waals surface area contributed by atoms with Crippen molar-refractivity contribution in [2.75, 3.05) is 5.32 Å². The number of rotatable bonds is 5. The lowest BCUT2D eigenvalue weighted by Crippen LogP contribution is -2.16. The Hall–Kier alpha value is -4.53. The molecular formula is C23H17N5O4. The molecule has 1 aliphatic rings. The molecule has 2 amide bonds. The van der Waals surface area contributed by atoms with Gasteiger partial charge < -0.3 is 10.5 Å². The number of esters is 1. The van der Waals surface area contributed by atoms with E-state index in [1.807, 2.05) is 12.1 Å². The van der Waals surface area contributed by atoms with E-state index in [0.29, 0.717) is 22.3 Å². The Balaban J connectivity index is 1.33. The minimum atomic E-state index is -0.639. The maximum absolute atomic E-state index is 12.5. The molecular weight excluding hydrogens is 410 g/mol. The molecule has 1 atom stereocenters. The van der Waals surface area contributed by atoms with Crippen LogP contribution in [0.4, 0.5) is 5.95 Å². The van der Waals surface area contributed by atoms with Crippen LogP contribution in [0.25, 0.3) is 16.8 Å². The fourth-order valence-corrected chi connectivity index (χ4v) is 3.67. The normalized spacial score (nSPS) is 14.8. The highest BCUT2D eigenvalue weighted by Crippen LogP contribution is 2.32. The number of carbonyl (C=O) groups excluding carboxylic acids is 3. The predicted octanol–water partition coefficient (Wildman–Crippen LogP) is 2.74. The Labute approximate surface area is 181 Å². The standard InChI is InChI=1S/C23H17N5O4/c24-21(30)14-5-3-4-13(10-14)15-8-9-19-25-23(27-28(19)12-15)26-20(29)11-18-16-6-1-2-7-17(16)22(31)32-18/h1-10,12,18H,11H2,(H2,24,30)(H,26,27,29)/t18-/m1/s1. The number of amides is 2. The molecule has 0 fully saturated rings. The molecule has 158 valence electrons. The summed E-state index contributed by atoms with van der Waals surface area (Å²) < 4.78 is 6.85. The quantitative estimate of drug-likeness (QED) is 0.471. The van der Waals surface area contributed by atoms with Gasteiger partial charge in [-0.15, -0.1) is 5.10 Å². The zero-order valence-electron chi connectivity index (χ0n) is 16.7. The first-order chi connectivity index (χ1) is 15.5. The van der Waals surface area contributed by atoms with E-state index in [4.69, 9.17) is 10.5 Å². The Kier molecular flexibility index (Phi) is 4.63. The van der Waals surface area contributed by atoms with Crippen molar-refractivity contribution in [3.8, 4) is 11.1 Å². The van der Waals surface area contributed by atoms with Gasteiger partial charge >= 0.3 is 5.97 Å². The molecule has 9 nitrogen and oxygen atoms in total. The third-order valence-corrected chi connectivity index (χ3v) is 5.21. The molecule has 0 spiro atoms. The van der Waals surface area contributed by atoms with Gasteiger partial charge in [-0.2, -0.15) is 4.98 Å². The third-order valence-electron chi connectivity index (χ3n) is 5.21. The number of cyclic esters (lactones) is 1. The fourth-order valence-electron chi connectivity index (χ4n) is 3.67. The maximum atomic E-state index is 12.5. The number of nitrogens with two attached hydrogens (primary N) is 1. The topological polar surface area (TPSA) is 129 Å². The van der Waals surface area contributed by atoms with Crippen LogP contribution in [0.2, 0.25) is 0 Å². The number of nitrogens with one attached hydrogen (secondary N) is 1. The molecule has 0 saturated carbocycles. The zero-order valence-corrected chi connectivity index (χ0v) is 16.7. The highest BCUT2D eigenvalue weighted by Gasteiger charge is 2.32. The molecule has 1 aliphatic heterocycles. The first kappa shape index (κ1) is 19.4. The molecule has 5 rings (SSSR count). The Bertz CT molecular complexity index is 1390. The van der Waals surface area contributed by atoms with Crippen molar-refractivity contribution in [3.05, 3.63) is 83.6 Å². The van der Waals surface area contributed by atoms with Crippen molar-refractivity contribution in [2.24, 2.45) is 5.73 Å². The first-order valence-corrected chi connectivity index (χ1v) is 9.84. The van der Waals surface area contributed by atoms with Gasteiger partial charge in [-0.05, 0) is 35.9 Å². The summed E-state index contributed by atoms with van der Waals surface area (Å²) in [7, 11) is 0. The highest BCUT2D eigenvalue weighted by atomic mass is 16.5. The van der Waals surface area contributed by atoms with Gasteiger partial charge in [0.1, 0.15) is 6.10 Å². The molecule has 3 N–H and O–H groups in total. The van der Waals surface area contributed by atoms with Gasteiger partial charge in [0.2, 0.25) is 17.8 Å². The Morgan fingerprint density at radius 2 is 1.91 bits per heavy atom. The highest BCUT2D eigenvalue weighted by molar-refractivity contribution is 5.96. The summed E-state index contributed by atoms with van der Waals surface area (Å²) in [6, 6.07) is 17.5. The van der Waals surface area contributed by atoms with Crippen LogP contribution in [0.15, 0.2) is 66.9 Å². The monoisotopic (exact) mass is 427 g/mol. The van der Waals surface area contributed by atoms with Crippen molar-refractivity contribution < 1.29 is 19.1 Å². The number of hydrogen-bond donors (Lipinski definition) is 2. The molecule has 0 bridgehead atoms. The van der Waals surface area contributed by atoms with Gasteiger partial charge in [-0.3, -0.25) is 14.9 Å². The number of nitrogens with zero attached hydrogens (tertiary/aromatic N) is 3. The minimum Gasteiger partial charge on any atom is -0.453 e. The SMILES string of the molecule is NC(=O)c1cccc(-c2ccc3nc(NC(=O)C[C@H]4OC(=O)c5ccccc54)nn3c2)c1. The molecule has 0 radical (unpaired) electrons. The van der Waals surface area contributed by atoms with Crippen LogP contribution in [0.1, 0.15) is 38.8 Å². The largest absolute Gasteiger partial charge is 0.453 e. The number of anilines is 1. The van der Waals surface area contributed by atoms with Crippen LogP contribution in [0.5, 0.6) is 0 Å². The van der Waals surface area contributed by atoms with E-state index < -0.39 is 18.0 Å². The van der Waals surface area contributed by atoms with Crippen LogP contribution in [0.3, 0.4) is 0 Å². The van der Waals surface area contributed by atoms with Gasteiger partial charge in [0.25, 0.3) is 0 Å². The number of ether oxygens (including phenoxy) is 1. The van der Waals surface area contributed by atoms with E-state index in [1.165, 1.54) is 4.52 Å². The molecule has 2 aromatic heterocycles. The van der Waals surface area contributed by atoms with Crippen LogP contribution in [-0.2, 0) is 9.53 Å². The second-order valence-electron chi connectivity index (χ2n) is 7.33. The molecule has 3 heterocycles. The zero-order chi connectivity index (χ0) is 22.2. The van der Waals surface area contributed by atoms with Crippen molar-refractivity contribution in [2.45, 2.75) is 12.5 Å². The number of primary amides is 1. The lowest BCUT2D eigenvalue weighted by Gasteiger charge is -2.09. The average Bonchev–Trinajstić information content (AvgIpc) is 3.33. The number of aromatic nitrogens is 3. The van der Waals surface area contributed by atoms with Crippen molar-refractivity contribution in [3.63, 3.8) is 0 Å². The second-order valence-corrected chi connectivity index (χ2v) is 7.33. The number of pyridine rings is 1. The van der Waals surface area contributed by atoms with E-state index in [0.717, 1.165) is 11.1 Å². The first-order valence-electron chi connectivity index (χ1n) is 9.84. The van der Waals surface area contributed by atoms with Crippen molar-refractivity contribution >= 4 is 29.4 Å². The van der Waals surface area contributed by atoms with Crippen LogP contribution < -0.4 is 11.1 Å². The average molecular weight is 427 g/mol. The molecule has 9 heteroatoms. The van der Waals surface area contributed by atoms with E-state index in [2.05, 4.69) is 15.4 Å². The summed E-state index contributed by atoms with van der Waals surface area (Å²) in [4.78, 5) is 40.2. The summed E-state index contributed by atoms with van der Waals surface area (Å²) in [5, 5.41) is 6.96. The summed E-state index contributed by atoms with van der Waals surface area (Å²) in [6.07, 6.45) is 1.07. The Morgan fingerprint density at radius 1 is 1.06 bits per heavy atom. The number of benzene rings is 2. The summed E-state index contributed by atoms with van der Waals surface area (Å²) in [6.45, 7) is 0. The van der Waals surface area contributed by atoms with Gasteiger partial charge in [0.05, 0.1) is 12.0 Å². The number of hydrogen-bond acceptors (Lipinski definition) is 6. The van der Waals surface area contributed by atoms with Gasteiger partial charge in [0, 0.05) is 22.9 Å².